The lowest BCUT2D eigenvalue weighted by atomic mass is 10.1. The van der Waals surface area contributed by atoms with Gasteiger partial charge in [0.05, 0.1) is 6.61 Å². The van der Waals surface area contributed by atoms with Gasteiger partial charge in [0.1, 0.15) is 6.04 Å². The van der Waals surface area contributed by atoms with E-state index in [-0.39, 0.29) is 18.4 Å². The third-order valence-corrected chi connectivity index (χ3v) is 3.77. The van der Waals surface area contributed by atoms with Crippen molar-refractivity contribution in [2.24, 2.45) is 0 Å². The molecule has 1 aromatic heterocycles. The Morgan fingerprint density at radius 2 is 2.04 bits per heavy atom. The van der Waals surface area contributed by atoms with Crippen LogP contribution in [0.4, 0.5) is 0 Å². The summed E-state index contributed by atoms with van der Waals surface area (Å²) in [5, 5.41) is 5.52. The fourth-order valence-corrected chi connectivity index (χ4v) is 2.35. The maximum Gasteiger partial charge on any atom is 0.251 e. The van der Waals surface area contributed by atoms with E-state index in [0.717, 1.165) is 17.5 Å². The second kappa shape index (κ2) is 9.56. The highest BCUT2D eigenvalue weighted by Crippen LogP contribution is 2.14. The van der Waals surface area contributed by atoms with E-state index in [9.17, 15) is 9.59 Å². The Labute approximate surface area is 154 Å². The van der Waals surface area contributed by atoms with E-state index in [4.69, 9.17) is 4.74 Å². The third kappa shape index (κ3) is 5.58. The van der Waals surface area contributed by atoms with E-state index in [1.807, 2.05) is 32.0 Å². The lowest BCUT2D eigenvalue weighted by Gasteiger charge is -2.15. The van der Waals surface area contributed by atoms with Crippen molar-refractivity contribution >= 4 is 11.8 Å². The molecule has 1 heterocycles. The lowest BCUT2D eigenvalue weighted by Crippen LogP contribution is -2.44. The molecule has 0 aliphatic carbocycles. The summed E-state index contributed by atoms with van der Waals surface area (Å²) >= 11 is 0. The predicted octanol–water partition coefficient (Wildman–Crippen LogP) is 2.61. The quantitative estimate of drug-likeness (QED) is 0.763. The highest BCUT2D eigenvalue weighted by Gasteiger charge is 2.17. The Morgan fingerprint density at radius 3 is 2.77 bits per heavy atom. The van der Waals surface area contributed by atoms with Crippen LogP contribution >= 0.6 is 0 Å². The molecule has 0 aliphatic heterocycles. The summed E-state index contributed by atoms with van der Waals surface area (Å²) in [6, 6.07) is 10.2. The average molecular weight is 355 g/mol. The van der Waals surface area contributed by atoms with Crippen LogP contribution in [0.25, 0.3) is 0 Å². The first-order valence-electron chi connectivity index (χ1n) is 8.73. The van der Waals surface area contributed by atoms with Gasteiger partial charge >= 0.3 is 0 Å². The van der Waals surface area contributed by atoms with Crippen LogP contribution in [-0.4, -0.2) is 29.4 Å². The molecule has 138 valence electrons. The Balaban J connectivity index is 1.90. The van der Waals surface area contributed by atoms with Crippen LogP contribution < -0.4 is 15.4 Å². The fourth-order valence-electron chi connectivity index (χ4n) is 2.35. The molecule has 6 nitrogen and oxygen atoms in total. The van der Waals surface area contributed by atoms with Gasteiger partial charge in [0.25, 0.3) is 5.91 Å². The summed E-state index contributed by atoms with van der Waals surface area (Å²) in [5.74, 6) is -0.0212. The van der Waals surface area contributed by atoms with E-state index in [1.54, 1.807) is 31.3 Å². The highest BCUT2D eigenvalue weighted by molar-refractivity contribution is 5.97. The molecule has 0 saturated heterocycles. The molecule has 0 radical (unpaired) electrons. The first-order valence-corrected chi connectivity index (χ1v) is 8.73. The van der Waals surface area contributed by atoms with Gasteiger partial charge in [0.15, 0.2) is 0 Å². The Hall–Kier alpha value is -2.89. The number of carbonyl (C=O) groups is 2. The van der Waals surface area contributed by atoms with Crippen molar-refractivity contribution in [3.05, 3.63) is 59.3 Å². The molecule has 0 aliphatic rings. The molecule has 0 saturated carbocycles. The third-order valence-electron chi connectivity index (χ3n) is 3.77. The number of hydrogen-bond donors (Lipinski definition) is 2. The van der Waals surface area contributed by atoms with Crippen LogP contribution in [0.3, 0.4) is 0 Å². The van der Waals surface area contributed by atoms with E-state index in [1.165, 1.54) is 0 Å². The van der Waals surface area contributed by atoms with Crippen molar-refractivity contribution in [1.29, 1.82) is 0 Å². The number of nitrogens with one attached hydrogen (secondary N) is 2. The molecule has 2 N–H and O–H groups in total. The van der Waals surface area contributed by atoms with Crippen molar-refractivity contribution in [3.8, 4) is 5.88 Å². The number of hydrogen-bond acceptors (Lipinski definition) is 4. The summed E-state index contributed by atoms with van der Waals surface area (Å²) in [5.41, 5.74) is 2.32. The molecule has 6 heteroatoms. The van der Waals surface area contributed by atoms with E-state index in [2.05, 4.69) is 15.6 Å². The number of pyridine rings is 1. The van der Waals surface area contributed by atoms with Gasteiger partial charge in [-0.15, -0.1) is 0 Å². The number of ether oxygens (including phenoxy) is 1. The number of carbonyl (C=O) groups excluding carboxylic acids is 2. The average Bonchev–Trinajstić information content (AvgIpc) is 2.64. The molecule has 2 aromatic rings. The van der Waals surface area contributed by atoms with E-state index < -0.39 is 6.04 Å². The van der Waals surface area contributed by atoms with Gasteiger partial charge in [-0.1, -0.05) is 30.7 Å². The van der Waals surface area contributed by atoms with Crippen LogP contribution in [0, 0.1) is 6.92 Å². The number of aryl methyl sites for hydroxylation is 1. The minimum absolute atomic E-state index is 0.267. The van der Waals surface area contributed by atoms with Gasteiger partial charge in [0.2, 0.25) is 11.8 Å². The predicted molar refractivity (Wildman–Crippen MR) is 100.0 cm³/mol. The van der Waals surface area contributed by atoms with E-state index in [0.29, 0.717) is 18.1 Å². The molecular formula is C20H25N3O3. The second-order valence-corrected chi connectivity index (χ2v) is 6.10. The maximum atomic E-state index is 12.3. The SMILES string of the molecule is CCCOc1ncccc1CNC(=O)C(C)NC(=O)c1cccc(C)c1. The number of aromatic nitrogens is 1. The summed E-state index contributed by atoms with van der Waals surface area (Å²) in [7, 11) is 0. The van der Waals surface area contributed by atoms with E-state index >= 15 is 0 Å². The van der Waals surface area contributed by atoms with Crippen LogP contribution in [-0.2, 0) is 11.3 Å². The van der Waals surface area contributed by atoms with Gasteiger partial charge in [-0.2, -0.15) is 0 Å². The molecule has 1 atom stereocenters. The zero-order valence-corrected chi connectivity index (χ0v) is 15.4. The highest BCUT2D eigenvalue weighted by atomic mass is 16.5. The van der Waals surface area contributed by atoms with Gasteiger partial charge in [-0.25, -0.2) is 4.98 Å². The van der Waals surface area contributed by atoms with Crippen LogP contribution in [0.1, 0.15) is 41.8 Å². The molecule has 1 unspecified atom stereocenters. The first kappa shape index (κ1) is 19.4. The zero-order valence-electron chi connectivity index (χ0n) is 15.4. The van der Waals surface area contributed by atoms with Gasteiger partial charge in [-0.05, 0) is 38.5 Å². The van der Waals surface area contributed by atoms with Crippen LogP contribution in [0.5, 0.6) is 5.88 Å². The van der Waals surface area contributed by atoms with Crippen molar-refractivity contribution < 1.29 is 14.3 Å². The lowest BCUT2D eigenvalue weighted by molar-refractivity contribution is -0.122. The molecule has 2 rings (SSSR count). The van der Waals surface area contributed by atoms with Crippen molar-refractivity contribution in [3.63, 3.8) is 0 Å². The number of rotatable bonds is 8. The second-order valence-electron chi connectivity index (χ2n) is 6.10. The normalized spacial score (nSPS) is 11.5. The molecule has 0 fully saturated rings. The maximum absolute atomic E-state index is 12.3. The minimum Gasteiger partial charge on any atom is -0.477 e. The smallest absolute Gasteiger partial charge is 0.251 e. The van der Waals surface area contributed by atoms with Crippen LogP contribution in [0.15, 0.2) is 42.6 Å². The number of amides is 2. The first-order chi connectivity index (χ1) is 12.5. The summed E-state index contributed by atoms with van der Waals surface area (Å²) in [6.07, 6.45) is 2.53. The Kier molecular flexibility index (Phi) is 7.14. The topological polar surface area (TPSA) is 80.3 Å². The largest absolute Gasteiger partial charge is 0.477 e. The monoisotopic (exact) mass is 355 g/mol. The van der Waals surface area contributed by atoms with Crippen molar-refractivity contribution in [2.75, 3.05) is 6.61 Å². The minimum atomic E-state index is -0.653. The number of nitrogens with zero attached hydrogens (tertiary/aromatic N) is 1. The molecule has 26 heavy (non-hydrogen) atoms. The van der Waals surface area contributed by atoms with Crippen LogP contribution in [0.2, 0.25) is 0 Å². The van der Waals surface area contributed by atoms with Crippen molar-refractivity contribution in [1.82, 2.24) is 15.6 Å². The number of benzene rings is 1. The summed E-state index contributed by atoms with van der Waals surface area (Å²) in [6.45, 7) is 6.44. The summed E-state index contributed by atoms with van der Waals surface area (Å²) < 4.78 is 5.58. The summed E-state index contributed by atoms with van der Waals surface area (Å²) in [4.78, 5) is 28.7. The zero-order chi connectivity index (χ0) is 18.9. The standard InChI is InChI=1S/C20H25N3O3/c1-4-11-26-20-17(9-6-10-21-20)13-22-18(24)15(3)23-19(25)16-8-5-7-14(2)12-16/h5-10,12,15H,4,11,13H2,1-3H3,(H,22,24)(H,23,25). The fraction of sp³-hybridized carbons (Fsp3) is 0.350. The molecule has 0 spiro atoms. The van der Waals surface area contributed by atoms with Crippen molar-refractivity contribution in [2.45, 2.75) is 39.8 Å². The molecular weight excluding hydrogens is 330 g/mol. The van der Waals surface area contributed by atoms with Gasteiger partial charge in [0, 0.05) is 23.9 Å². The van der Waals surface area contributed by atoms with Gasteiger partial charge in [-0.3, -0.25) is 9.59 Å². The molecule has 0 bridgehead atoms. The van der Waals surface area contributed by atoms with Gasteiger partial charge < -0.3 is 15.4 Å². The molecule has 1 aromatic carbocycles. The Bertz CT molecular complexity index is 761. The Morgan fingerprint density at radius 1 is 1.23 bits per heavy atom. The molecule has 2 amide bonds.